The van der Waals surface area contributed by atoms with Gasteiger partial charge in [-0.2, -0.15) is 5.26 Å². The topological polar surface area (TPSA) is 96.8 Å². The normalized spacial score (nSPS) is 10.8. The minimum Gasteiger partial charge on any atom is -0.497 e. The maximum atomic E-state index is 12.8. The second-order valence-corrected chi connectivity index (χ2v) is 6.83. The number of nitriles is 1. The molecule has 3 aromatic rings. The zero-order valence-corrected chi connectivity index (χ0v) is 17.6. The van der Waals surface area contributed by atoms with Crippen LogP contribution in [-0.4, -0.2) is 30.1 Å². The van der Waals surface area contributed by atoms with E-state index in [0.717, 1.165) is 11.3 Å². The Morgan fingerprint density at radius 1 is 1.13 bits per heavy atom. The molecule has 0 amide bonds. The molecule has 0 bridgehead atoms. The van der Waals surface area contributed by atoms with E-state index in [2.05, 4.69) is 4.99 Å². The number of hydrogen-bond donors (Lipinski definition) is 1. The number of aromatic hydroxyl groups is 1. The van der Waals surface area contributed by atoms with Crippen LogP contribution in [0.5, 0.6) is 17.4 Å². The molecule has 0 radical (unpaired) electrons. The Hall–Kier alpha value is -4.05. The molecule has 1 aromatic heterocycles. The van der Waals surface area contributed by atoms with Crippen LogP contribution in [0.3, 0.4) is 0 Å². The van der Waals surface area contributed by atoms with E-state index >= 15 is 0 Å². The molecule has 2 aromatic carbocycles. The minimum atomic E-state index is -0.527. The van der Waals surface area contributed by atoms with Crippen molar-refractivity contribution in [2.75, 3.05) is 14.2 Å². The lowest BCUT2D eigenvalue weighted by atomic mass is 10.1. The SMILES string of the molecule is COc1ccc(CCn2c(O)c(C=Nc3ccccc3OC)c(C)c(C#N)c2=O)cc1. The molecule has 0 aliphatic carbocycles. The van der Waals surface area contributed by atoms with Gasteiger partial charge in [0.25, 0.3) is 5.56 Å². The van der Waals surface area contributed by atoms with Crippen molar-refractivity contribution in [2.24, 2.45) is 4.99 Å². The van der Waals surface area contributed by atoms with Gasteiger partial charge in [-0.15, -0.1) is 0 Å². The predicted octanol–water partition coefficient (Wildman–Crippen LogP) is 3.74. The number of nitrogens with zero attached hydrogens (tertiary/aromatic N) is 3. The molecule has 158 valence electrons. The van der Waals surface area contributed by atoms with Gasteiger partial charge < -0.3 is 14.6 Å². The average molecular weight is 417 g/mol. The van der Waals surface area contributed by atoms with Crippen molar-refractivity contribution in [3.8, 4) is 23.4 Å². The van der Waals surface area contributed by atoms with E-state index in [-0.39, 0.29) is 18.0 Å². The number of benzene rings is 2. The summed E-state index contributed by atoms with van der Waals surface area (Å²) in [6.45, 7) is 1.83. The molecule has 0 fully saturated rings. The highest BCUT2D eigenvalue weighted by Gasteiger charge is 2.18. The van der Waals surface area contributed by atoms with Crippen LogP contribution in [0.4, 0.5) is 5.69 Å². The molecule has 0 saturated heterocycles. The smallest absolute Gasteiger partial charge is 0.271 e. The highest BCUT2D eigenvalue weighted by Crippen LogP contribution is 2.27. The van der Waals surface area contributed by atoms with Crippen molar-refractivity contribution >= 4 is 11.9 Å². The van der Waals surface area contributed by atoms with E-state index in [1.165, 1.54) is 10.8 Å². The average Bonchev–Trinajstić information content (AvgIpc) is 2.79. The summed E-state index contributed by atoms with van der Waals surface area (Å²) in [4.78, 5) is 17.2. The maximum Gasteiger partial charge on any atom is 0.271 e. The summed E-state index contributed by atoms with van der Waals surface area (Å²) in [5, 5.41) is 20.4. The fourth-order valence-corrected chi connectivity index (χ4v) is 3.24. The lowest BCUT2D eigenvalue weighted by molar-refractivity contribution is 0.404. The molecule has 7 nitrogen and oxygen atoms in total. The zero-order chi connectivity index (χ0) is 22.4. The van der Waals surface area contributed by atoms with E-state index in [1.54, 1.807) is 33.3 Å². The van der Waals surface area contributed by atoms with Crippen molar-refractivity contribution in [1.82, 2.24) is 4.57 Å². The molecule has 0 aliphatic rings. The Morgan fingerprint density at radius 3 is 2.48 bits per heavy atom. The third-order valence-electron chi connectivity index (χ3n) is 5.05. The predicted molar refractivity (Wildman–Crippen MR) is 119 cm³/mol. The molecule has 1 N–H and O–H groups in total. The van der Waals surface area contributed by atoms with Crippen molar-refractivity contribution in [2.45, 2.75) is 19.9 Å². The maximum absolute atomic E-state index is 12.8. The molecule has 3 rings (SSSR count). The number of pyridine rings is 1. The second-order valence-electron chi connectivity index (χ2n) is 6.83. The summed E-state index contributed by atoms with van der Waals surface area (Å²) in [6.07, 6.45) is 1.95. The van der Waals surface area contributed by atoms with Gasteiger partial charge in [0, 0.05) is 12.8 Å². The third kappa shape index (κ3) is 4.59. The number of aryl methyl sites for hydroxylation is 1. The Balaban J connectivity index is 1.99. The van der Waals surface area contributed by atoms with Crippen LogP contribution in [0.2, 0.25) is 0 Å². The van der Waals surface area contributed by atoms with Gasteiger partial charge in [0.05, 0.1) is 19.8 Å². The first-order valence-electron chi connectivity index (χ1n) is 9.66. The number of ether oxygens (including phenoxy) is 2. The highest BCUT2D eigenvalue weighted by atomic mass is 16.5. The first-order chi connectivity index (χ1) is 15.0. The Kier molecular flexibility index (Phi) is 6.73. The lowest BCUT2D eigenvalue weighted by Gasteiger charge is -2.14. The molecule has 0 spiro atoms. The Bertz CT molecular complexity index is 1210. The van der Waals surface area contributed by atoms with Gasteiger partial charge in [0.2, 0.25) is 5.88 Å². The van der Waals surface area contributed by atoms with Crippen LogP contribution in [0, 0.1) is 18.3 Å². The molecular weight excluding hydrogens is 394 g/mol. The molecule has 0 unspecified atom stereocenters. The van der Waals surface area contributed by atoms with Gasteiger partial charge in [-0.25, -0.2) is 0 Å². The summed E-state index contributed by atoms with van der Waals surface area (Å²) in [5.41, 5.74) is 1.68. The van der Waals surface area contributed by atoms with E-state index in [9.17, 15) is 15.2 Å². The van der Waals surface area contributed by atoms with Crippen molar-refractivity contribution in [1.29, 1.82) is 5.26 Å². The van der Waals surface area contributed by atoms with Crippen molar-refractivity contribution in [3.05, 3.63) is 81.1 Å². The molecule has 31 heavy (non-hydrogen) atoms. The molecule has 0 saturated carbocycles. The van der Waals surface area contributed by atoms with Crippen LogP contribution < -0.4 is 15.0 Å². The first kappa shape index (κ1) is 21.7. The van der Waals surface area contributed by atoms with Crippen LogP contribution in [0.15, 0.2) is 58.3 Å². The number of aromatic nitrogens is 1. The first-order valence-corrected chi connectivity index (χ1v) is 9.66. The standard InChI is InChI=1S/C24H23N3O4/c1-16-19(14-25)23(28)27(13-12-17-8-10-18(30-2)11-9-17)24(29)20(16)15-26-21-6-4-5-7-22(21)31-3/h4-11,15,29H,12-13H2,1-3H3. The number of para-hydroxylation sites is 2. The van der Waals surface area contributed by atoms with Gasteiger partial charge in [-0.1, -0.05) is 24.3 Å². The quantitative estimate of drug-likeness (QED) is 0.591. The fourth-order valence-electron chi connectivity index (χ4n) is 3.24. The largest absolute Gasteiger partial charge is 0.497 e. The Morgan fingerprint density at radius 2 is 1.84 bits per heavy atom. The van der Waals surface area contributed by atoms with Gasteiger partial charge in [-0.3, -0.25) is 14.4 Å². The number of hydrogen-bond acceptors (Lipinski definition) is 6. The molecule has 0 atom stereocenters. The minimum absolute atomic E-state index is 0.0194. The highest BCUT2D eigenvalue weighted by molar-refractivity contribution is 5.87. The zero-order valence-electron chi connectivity index (χ0n) is 17.6. The van der Waals surface area contributed by atoms with Crippen LogP contribution in [0.25, 0.3) is 0 Å². The number of methoxy groups -OCH3 is 2. The molecule has 1 heterocycles. The number of aliphatic imine (C=N–C) groups is 1. The summed E-state index contributed by atoms with van der Waals surface area (Å²) in [7, 11) is 3.14. The van der Waals surface area contributed by atoms with E-state index in [4.69, 9.17) is 9.47 Å². The van der Waals surface area contributed by atoms with Crippen LogP contribution >= 0.6 is 0 Å². The third-order valence-corrected chi connectivity index (χ3v) is 5.05. The summed E-state index contributed by atoms with van der Waals surface area (Å²) < 4.78 is 11.7. The Labute approximate surface area is 180 Å². The molecule has 0 aliphatic heterocycles. The summed E-state index contributed by atoms with van der Waals surface area (Å²) >= 11 is 0. The summed E-state index contributed by atoms with van der Waals surface area (Å²) in [6, 6.07) is 16.6. The van der Waals surface area contributed by atoms with Gasteiger partial charge in [-0.05, 0) is 48.7 Å². The van der Waals surface area contributed by atoms with Gasteiger partial charge >= 0.3 is 0 Å². The van der Waals surface area contributed by atoms with Crippen molar-refractivity contribution < 1.29 is 14.6 Å². The molecular formula is C24H23N3O4. The second kappa shape index (κ2) is 9.63. The monoisotopic (exact) mass is 417 g/mol. The van der Waals surface area contributed by atoms with Gasteiger partial charge in [0.1, 0.15) is 28.8 Å². The molecule has 7 heteroatoms. The van der Waals surface area contributed by atoms with E-state index in [0.29, 0.717) is 29.0 Å². The van der Waals surface area contributed by atoms with Crippen molar-refractivity contribution in [3.63, 3.8) is 0 Å². The van der Waals surface area contributed by atoms with E-state index < -0.39 is 5.56 Å². The fraction of sp³-hybridized carbons (Fsp3) is 0.208. The summed E-state index contributed by atoms with van der Waals surface area (Å²) in [5.74, 6) is 1.08. The lowest BCUT2D eigenvalue weighted by Crippen LogP contribution is -2.26. The van der Waals surface area contributed by atoms with Gasteiger partial charge in [0.15, 0.2) is 0 Å². The van der Waals surface area contributed by atoms with Crippen LogP contribution in [0.1, 0.15) is 22.3 Å². The van der Waals surface area contributed by atoms with Crippen LogP contribution in [-0.2, 0) is 13.0 Å². The number of rotatable bonds is 7. The van der Waals surface area contributed by atoms with E-state index in [1.807, 2.05) is 42.5 Å².